The van der Waals surface area contributed by atoms with Crippen molar-refractivity contribution in [3.63, 3.8) is 0 Å². The summed E-state index contributed by atoms with van der Waals surface area (Å²) in [5.74, 6) is -0.416. The first-order valence-electron chi connectivity index (χ1n) is 8.05. The molecule has 4 N–H and O–H groups in total. The van der Waals surface area contributed by atoms with Crippen LogP contribution in [0, 0.1) is 13.8 Å². The molecule has 0 aliphatic carbocycles. The Labute approximate surface area is 153 Å². The number of H-pyrrole nitrogens is 1. The Morgan fingerprint density at radius 1 is 1.15 bits per heavy atom. The topological polar surface area (TPSA) is 83.8 Å². The Balaban J connectivity index is 2.00. The van der Waals surface area contributed by atoms with E-state index in [4.69, 9.17) is 5.73 Å². The van der Waals surface area contributed by atoms with Crippen LogP contribution in [0.2, 0.25) is 0 Å². The summed E-state index contributed by atoms with van der Waals surface area (Å²) in [5.41, 5.74) is 7.26. The van der Waals surface area contributed by atoms with Crippen molar-refractivity contribution in [2.45, 2.75) is 20.0 Å². The maximum atomic E-state index is 13.3. The molecule has 0 fully saturated rings. The molecule has 1 aromatic heterocycles. The van der Waals surface area contributed by atoms with Gasteiger partial charge in [-0.15, -0.1) is 0 Å². The van der Waals surface area contributed by atoms with Crippen LogP contribution in [0.4, 0.5) is 24.5 Å². The number of carbonyl (C=O) groups is 1. The lowest BCUT2D eigenvalue weighted by Gasteiger charge is -2.12. The van der Waals surface area contributed by atoms with Crippen molar-refractivity contribution in [1.82, 2.24) is 9.97 Å². The van der Waals surface area contributed by atoms with Crippen LogP contribution in [0.25, 0.3) is 11.4 Å². The summed E-state index contributed by atoms with van der Waals surface area (Å²) in [5, 5.41) is 2.57. The van der Waals surface area contributed by atoms with E-state index in [-0.39, 0.29) is 17.0 Å². The number of hydrogen-bond donors (Lipinski definition) is 3. The number of halogens is 3. The van der Waals surface area contributed by atoms with Gasteiger partial charge in [0.2, 0.25) is 0 Å². The molecule has 3 aromatic rings. The Morgan fingerprint density at radius 3 is 2.48 bits per heavy atom. The fourth-order valence-electron chi connectivity index (χ4n) is 2.54. The molecule has 0 bridgehead atoms. The van der Waals surface area contributed by atoms with E-state index < -0.39 is 17.6 Å². The minimum absolute atomic E-state index is 0.131. The second-order valence-corrected chi connectivity index (χ2v) is 6.21. The predicted octanol–water partition coefficient (Wildman–Crippen LogP) is 4.55. The highest BCUT2D eigenvalue weighted by molar-refractivity contribution is 6.05. The Hall–Kier alpha value is -3.29. The average molecular weight is 374 g/mol. The quantitative estimate of drug-likeness (QED) is 0.588. The Kier molecular flexibility index (Phi) is 4.65. The maximum absolute atomic E-state index is 13.3. The van der Waals surface area contributed by atoms with E-state index in [1.54, 1.807) is 31.3 Å². The summed E-state index contributed by atoms with van der Waals surface area (Å²) in [4.78, 5) is 19.5. The largest absolute Gasteiger partial charge is 0.416 e. The highest BCUT2D eigenvalue weighted by Crippen LogP contribution is 2.33. The van der Waals surface area contributed by atoms with Gasteiger partial charge in [0, 0.05) is 28.7 Å². The number of nitrogens with zero attached hydrogens (tertiary/aromatic N) is 1. The minimum Gasteiger partial charge on any atom is -0.398 e. The van der Waals surface area contributed by atoms with Gasteiger partial charge in [-0.3, -0.25) is 4.79 Å². The molecule has 0 atom stereocenters. The average Bonchev–Trinajstić information content (AvgIpc) is 3.03. The van der Waals surface area contributed by atoms with Crippen molar-refractivity contribution >= 4 is 17.3 Å². The first-order valence-corrected chi connectivity index (χ1v) is 8.05. The van der Waals surface area contributed by atoms with Crippen molar-refractivity contribution in [3.8, 4) is 11.4 Å². The monoisotopic (exact) mass is 374 g/mol. The number of nitrogen functional groups attached to an aromatic ring is 1. The normalized spacial score (nSPS) is 11.4. The molecular weight excluding hydrogens is 357 g/mol. The van der Waals surface area contributed by atoms with E-state index in [9.17, 15) is 18.0 Å². The summed E-state index contributed by atoms with van der Waals surface area (Å²) < 4.78 is 39.8. The number of benzene rings is 2. The number of carbonyl (C=O) groups excluding carboxylic acids is 1. The third-order valence-electron chi connectivity index (χ3n) is 4.04. The van der Waals surface area contributed by atoms with E-state index in [0.29, 0.717) is 17.1 Å². The van der Waals surface area contributed by atoms with Crippen LogP contribution in [-0.2, 0) is 6.18 Å². The molecule has 0 radical (unpaired) electrons. The molecule has 27 heavy (non-hydrogen) atoms. The van der Waals surface area contributed by atoms with E-state index in [0.717, 1.165) is 17.7 Å². The highest BCUT2D eigenvalue weighted by Gasteiger charge is 2.32. The molecule has 3 rings (SSSR count). The van der Waals surface area contributed by atoms with Crippen LogP contribution in [-0.4, -0.2) is 15.9 Å². The third kappa shape index (κ3) is 4.11. The molecule has 2 aromatic carbocycles. The lowest BCUT2D eigenvalue weighted by molar-refractivity contribution is -0.137. The number of anilines is 2. The fourth-order valence-corrected chi connectivity index (χ4v) is 2.54. The molecule has 0 aliphatic rings. The van der Waals surface area contributed by atoms with Gasteiger partial charge < -0.3 is 16.0 Å². The van der Waals surface area contributed by atoms with Crippen molar-refractivity contribution in [3.05, 3.63) is 65.0 Å². The van der Waals surface area contributed by atoms with Gasteiger partial charge in [0.25, 0.3) is 5.91 Å². The van der Waals surface area contributed by atoms with Gasteiger partial charge in [-0.05, 0) is 49.7 Å². The minimum atomic E-state index is -4.60. The number of aromatic nitrogens is 2. The van der Waals surface area contributed by atoms with Crippen LogP contribution in [0.15, 0.2) is 42.6 Å². The lowest BCUT2D eigenvalue weighted by atomic mass is 10.0. The molecule has 140 valence electrons. The summed E-state index contributed by atoms with van der Waals surface area (Å²) >= 11 is 0. The van der Waals surface area contributed by atoms with Crippen LogP contribution >= 0.6 is 0 Å². The molecule has 1 amide bonds. The second-order valence-electron chi connectivity index (χ2n) is 6.21. The zero-order valence-corrected chi connectivity index (χ0v) is 14.6. The molecule has 0 saturated carbocycles. The number of aromatic amines is 1. The van der Waals surface area contributed by atoms with E-state index in [1.807, 2.05) is 6.92 Å². The standard InChI is InChI=1S/C19H17F3N4O/c1-10-3-4-15(8-16(10)23)26-18(27)13-5-12(17-24-9-11(2)25-17)6-14(7-13)19(20,21)22/h3-9H,23H2,1-2H3,(H,24,25)(H,26,27). The number of nitrogens with one attached hydrogen (secondary N) is 2. The smallest absolute Gasteiger partial charge is 0.398 e. The lowest BCUT2D eigenvalue weighted by Crippen LogP contribution is -2.14. The van der Waals surface area contributed by atoms with Crippen molar-refractivity contribution in [2.24, 2.45) is 0 Å². The zero-order valence-electron chi connectivity index (χ0n) is 14.6. The predicted molar refractivity (Wildman–Crippen MR) is 97.3 cm³/mol. The summed E-state index contributed by atoms with van der Waals surface area (Å²) in [6.07, 6.45) is -3.02. The van der Waals surface area contributed by atoms with Gasteiger partial charge in [-0.1, -0.05) is 6.07 Å². The van der Waals surface area contributed by atoms with Gasteiger partial charge in [0.1, 0.15) is 5.82 Å². The number of aryl methyl sites for hydroxylation is 2. The second kappa shape index (κ2) is 6.79. The summed E-state index contributed by atoms with van der Waals surface area (Å²) in [6, 6.07) is 8.03. The zero-order chi connectivity index (χ0) is 19.8. The number of imidazole rings is 1. The summed E-state index contributed by atoms with van der Waals surface area (Å²) in [7, 11) is 0. The van der Waals surface area contributed by atoms with Gasteiger partial charge in [-0.25, -0.2) is 4.98 Å². The number of hydrogen-bond acceptors (Lipinski definition) is 3. The third-order valence-corrected chi connectivity index (χ3v) is 4.04. The molecule has 0 saturated heterocycles. The molecule has 8 heteroatoms. The molecule has 5 nitrogen and oxygen atoms in total. The SMILES string of the molecule is Cc1c[nH]c(-c2cc(C(=O)Nc3ccc(C)c(N)c3)cc(C(F)(F)F)c2)n1. The molecule has 0 spiro atoms. The molecule has 0 unspecified atom stereocenters. The number of alkyl halides is 3. The van der Waals surface area contributed by atoms with Crippen molar-refractivity contribution < 1.29 is 18.0 Å². The highest BCUT2D eigenvalue weighted by atomic mass is 19.4. The number of nitrogens with two attached hydrogens (primary N) is 1. The van der Waals surface area contributed by atoms with E-state index in [2.05, 4.69) is 15.3 Å². The first kappa shape index (κ1) is 18.5. The van der Waals surface area contributed by atoms with Crippen molar-refractivity contribution in [1.29, 1.82) is 0 Å². The molecule has 0 aliphatic heterocycles. The van der Waals surface area contributed by atoms with Crippen LogP contribution in [0.5, 0.6) is 0 Å². The fraction of sp³-hybridized carbons (Fsp3) is 0.158. The van der Waals surface area contributed by atoms with E-state index >= 15 is 0 Å². The Morgan fingerprint density at radius 2 is 1.89 bits per heavy atom. The van der Waals surface area contributed by atoms with E-state index in [1.165, 1.54) is 6.07 Å². The number of amides is 1. The number of rotatable bonds is 3. The Bertz CT molecular complexity index is 1010. The van der Waals surface area contributed by atoms with Gasteiger partial charge in [0.05, 0.1) is 11.3 Å². The first-order chi connectivity index (χ1) is 12.6. The van der Waals surface area contributed by atoms with Crippen LogP contribution in [0.1, 0.15) is 27.2 Å². The summed E-state index contributed by atoms with van der Waals surface area (Å²) in [6.45, 7) is 3.52. The molecule has 1 heterocycles. The van der Waals surface area contributed by atoms with Crippen LogP contribution in [0.3, 0.4) is 0 Å². The van der Waals surface area contributed by atoms with Gasteiger partial charge in [0.15, 0.2) is 0 Å². The van der Waals surface area contributed by atoms with Gasteiger partial charge >= 0.3 is 6.18 Å². The van der Waals surface area contributed by atoms with Crippen LogP contribution < -0.4 is 11.1 Å². The van der Waals surface area contributed by atoms with Crippen molar-refractivity contribution in [2.75, 3.05) is 11.1 Å². The molecular formula is C19H17F3N4O. The maximum Gasteiger partial charge on any atom is 0.416 e. The van der Waals surface area contributed by atoms with Gasteiger partial charge in [-0.2, -0.15) is 13.2 Å².